The first kappa shape index (κ1) is 16.9. The molecule has 0 atom stereocenters. The van der Waals surface area contributed by atoms with E-state index < -0.39 is 0 Å². The third-order valence-corrected chi connectivity index (χ3v) is 3.56. The lowest BCUT2D eigenvalue weighted by molar-refractivity contribution is 0.300. The molecule has 0 fully saturated rings. The van der Waals surface area contributed by atoms with Crippen molar-refractivity contribution in [3.8, 4) is 0 Å². The highest BCUT2D eigenvalue weighted by Crippen LogP contribution is 2.13. The SMILES string of the molecule is CCN(CC)CCCNC(=S)Nc1cc(C)cc(C)c1. The Morgan fingerprint density at radius 3 is 2.25 bits per heavy atom. The quantitative estimate of drug-likeness (QED) is 0.596. The Balaban J connectivity index is 2.30. The molecule has 0 saturated carbocycles. The Hall–Kier alpha value is -1.13. The van der Waals surface area contributed by atoms with E-state index >= 15 is 0 Å². The van der Waals surface area contributed by atoms with Crippen LogP contribution in [0.25, 0.3) is 0 Å². The van der Waals surface area contributed by atoms with Crippen molar-refractivity contribution in [2.45, 2.75) is 34.1 Å². The molecule has 0 spiro atoms. The van der Waals surface area contributed by atoms with Crippen LogP contribution in [0.5, 0.6) is 0 Å². The molecule has 0 amide bonds. The summed E-state index contributed by atoms with van der Waals surface area (Å²) in [5, 5.41) is 7.22. The van der Waals surface area contributed by atoms with Gasteiger partial charge in [0.2, 0.25) is 0 Å². The van der Waals surface area contributed by atoms with Crippen molar-refractivity contribution < 1.29 is 0 Å². The maximum absolute atomic E-state index is 5.32. The fourth-order valence-electron chi connectivity index (χ4n) is 2.27. The summed E-state index contributed by atoms with van der Waals surface area (Å²) in [4.78, 5) is 2.42. The van der Waals surface area contributed by atoms with Gasteiger partial charge >= 0.3 is 0 Å². The molecular weight excluding hydrogens is 266 g/mol. The second-order valence-electron chi connectivity index (χ2n) is 5.14. The van der Waals surface area contributed by atoms with Crippen LogP contribution < -0.4 is 10.6 Å². The molecule has 0 bridgehead atoms. The largest absolute Gasteiger partial charge is 0.362 e. The van der Waals surface area contributed by atoms with Gasteiger partial charge in [-0.3, -0.25) is 0 Å². The highest BCUT2D eigenvalue weighted by Gasteiger charge is 2.01. The number of hydrogen-bond acceptors (Lipinski definition) is 2. The van der Waals surface area contributed by atoms with Gasteiger partial charge < -0.3 is 15.5 Å². The molecule has 20 heavy (non-hydrogen) atoms. The summed E-state index contributed by atoms with van der Waals surface area (Å²) in [5.41, 5.74) is 3.55. The maximum Gasteiger partial charge on any atom is 0.170 e. The number of benzene rings is 1. The summed E-state index contributed by atoms with van der Waals surface area (Å²) in [5.74, 6) is 0. The number of nitrogens with zero attached hydrogens (tertiary/aromatic N) is 1. The standard InChI is InChI=1S/C16H27N3S/c1-5-19(6-2)9-7-8-17-16(20)18-15-11-13(3)10-14(4)12-15/h10-12H,5-9H2,1-4H3,(H2,17,18,20). The van der Waals surface area contributed by atoms with Crippen molar-refractivity contribution in [1.29, 1.82) is 0 Å². The minimum Gasteiger partial charge on any atom is -0.362 e. The molecule has 2 N–H and O–H groups in total. The smallest absolute Gasteiger partial charge is 0.170 e. The summed E-state index contributed by atoms with van der Waals surface area (Å²) in [6.45, 7) is 12.8. The first-order valence-corrected chi connectivity index (χ1v) is 7.81. The predicted molar refractivity (Wildman–Crippen MR) is 92.5 cm³/mol. The third kappa shape index (κ3) is 6.35. The fraction of sp³-hybridized carbons (Fsp3) is 0.562. The fourth-order valence-corrected chi connectivity index (χ4v) is 2.49. The molecule has 1 aromatic carbocycles. The molecule has 0 unspecified atom stereocenters. The molecule has 0 aliphatic heterocycles. The van der Waals surface area contributed by atoms with Gasteiger partial charge in [-0.05, 0) is 75.4 Å². The summed E-state index contributed by atoms with van der Waals surface area (Å²) in [7, 11) is 0. The first-order chi connectivity index (χ1) is 9.55. The number of aryl methyl sites for hydroxylation is 2. The van der Waals surface area contributed by atoms with Crippen LogP contribution >= 0.6 is 12.2 Å². The zero-order valence-electron chi connectivity index (χ0n) is 13.1. The highest BCUT2D eigenvalue weighted by molar-refractivity contribution is 7.80. The van der Waals surface area contributed by atoms with E-state index in [1.165, 1.54) is 11.1 Å². The highest BCUT2D eigenvalue weighted by atomic mass is 32.1. The van der Waals surface area contributed by atoms with Crippen LogP contribution in [-0.2, 0) is 0 Å². The van der Waals surface area contributed by atoms with E-state index in [-0.39, 0.29) is 0 Å². The van der Waals surface area contributed by atoms with Gasteiger partial charge in [-0.2, -0.15) is 0 Å². The van der Waals surface area contributed by atoms with Crippen molar-refractivity contribution in [3.63, 3.8) is 0 Å². The van der Waals surface area contributed by atoms with Gasteiger partial charge in [0, 0.05) is 12.2 Å². The van der Waals surface area contributed by atoms with Gasteiger partial charge in [0.15, 0.2) is 5.11 Å². The van der Waals surface area contributed by atoms with E-state index in [1.807, 2.05) is 0 Å². The zero-order chi connectivity index (χ0) is 15.0. The van der Waals surface area contributed by atoms with Crippen molar-refractivity contribution in [2.75, 3.05) is 31.5 Å². The van der Waals surface area contributed by atoms with Crippen LogP contribution in [0.2, 0.25) is 0 Å². The Kier molecular flexibility index (Phi) is 7.55. The second kappa shape index (κ2) is 8.93. The number of nitrogens with one attached hydrogen (secondary N) is 2. The van der Waals surface area contributed by atoms with E-state index in [9.17, 15) is 0 Å². The Morgan fingerprint density at radius 1 is 1.10 bits per heavy atom. The molecule has 0 aliphatic carbocycles. The van der Waals surface area contributed by atoms with Crippen molar-refractivity contribution in [2.24, 2.45) is 0 Å². The maximum atomic E-state index is 5.32. The zero-order valence-corrected chi connectivity index (χ0v) is 13.9. The van der Waals surface area contributed by atoms with Gasteiger partial charge in [0.25, 0.3) is 0 Å². The van der Waals surface area contributed by atoms with Gasteiger partial charge in [-0.25, -0.2) is 0 Å². The minimum atomic E-state index is 0.703. The third-order valence-electron chi connectivity index (χ3n) is 3.31. The molecule has 4 heteroatoms. The Labute approximate surface area is 128 Å². The minimum absolute atomic E-state index is 0.703. The lowest BCUT2D eigenvalue weighted by atomic mass is 10.1. The van der Waals surface area contributed by atoms with Gasteiger partial charge in [-0.15, -0.1) is 0 Å². The molecule has 3 nitrogen and oxygen atoms in total. The normalized spacial score (nSPS) is 10.7. The number of thiocarbonyl (C=S) groups is 1. The van der Waals surface area contributed by atoms with Crippen LogP contribution in [0.1, 0.15) is 31.4 Å². The van der Waals surface area contributed by atoms with Crippen molar-refractivity contribution >= 4 is 23.0 Å². The van der Waals surface area contributed by atoms with Crippen molar-refractivity contribution in [3.05, 3.63) is 29.3 Å². The predicted octanol–water partition coefficient (Wildman–Crippen LogP) is 3.32. The van der Waals surface area contributed by atoms with E-state index in [0.29, 0.717) is 5.11 Å². The Morgan fingerprint density at radius 2 is 1.70 bits per heavy atom. The molecule has 112 valence electrons. The lowest BCUT2D eigenvalue weighted by Crippen LogP contribution is -2.32. The molecule has 1 aromatic rings. The molecule has 0 radical (unpaired) electrons. The molecule has 0 saturated heterocycles. The summed E-state index contributed by atoms with van der Waals surface area (Å²) in [6.07, 6.45) is 1.11. The number of rotatable bonds is 7. The monoisotopic (exact) mass is 293 g/mol. The van der Waals surface area contributed by atoms with Gasteiger partial charge in [0.1, 0.15) is 0 Å². The molecular formula is C16H27N3S. The first-order valence-electron chi connectivity index (χ1n) is 7.40. The van der Waals surface area contributed by atoms with E-state index in [1.54, 1.807) is 0 Å². The van der Waals surface area contributed by atoms with Crippen LogP contribution in [0.4, 0.5) is 5.69 Å². The average Bonchev–Trinajstić information content (AvgIpc) is 2.37. The van der Waals surface area contributed by atoms with Crippen LogP contribution in [0, 0.1) is 13.8 Å². The second-order valence-corrected chi connectivity index (χ2v) is 5.55. The molecule has 1 rings (SSSR count). The Bertz CT molecular complexity index is 407. The van der Waals surface area contributed by atoms with Crippen LogP contribution in [-0.4, -0.2) is 36.2 Å². The van der Waals surface area contributed by atoms with Crippen LogP contribution in [0.15, 0.2) is 18.2 Å². The lowest BCUT2D eigenvalue weighted by Gasteiger charge is -2.18. The summed E-state index contributed by atoms with van der Waals surface area (Å²) < 4.78 is 0. The average molecular weight is 293 g/mol. The van der Waals surface area contributed by atoms with Crippen LogP contribution in [0.3, 0.4) is 0 Å². The number of anilines is 1. The summed E-state index contributed by atoms with van der Waals surface area (Å²) >= 11 is 5.32. The van der Waals surface area contributed by atoms with Crippen molar-refractivity contribution in [1.82, 2.24) is 10.2 Å². The summed E-state index contributed by atoms with van der Waals surface area (Å²) in [6, 6.07) is 6.37. The number of hydrogen-bond donors (Lipinski definition) is 2. The molecule has 0 aromatic heterocycles. The topological polar surface area (TPSA) is 27.3 Å². The van der Waals surface area contributed by atoms with E-state index in [4.69, 9.17) is 12.2 Å². The molecule has 0 heterocycles. The van der Waals surface area contributed by atoms with Gasteiger partial charge in [-0.1, -0.05) is 19.9 Å². The van der Waals surface area contributed by atoms with E-state index in [2.05, 4.69) is 61.4 Å². The van der Waals surface area contributed by atoms with E-state index in [0.717, 1.165) is 38.3 Å². The van der Waals surface area contributed by atoms with Gasteiger partial charge in [0.05, 0.1) is 0 Å². The molecule has 0 aliphatic rings.